The van der Waals surface area contributed by atoms with Crippen molar-refractivity contribution in [1.82, 2.24) is 19.8 Å². The second-order valence-electron chi connectivity index (χ2n) is 5.84. The number of rotatable bonds is 4. The Balaban J connectivity index is 1.76. The van der Waals surface area contributed by atoms with Crippen molar-refractivity contribution < 1.29 is 4.79 Å². The number of hydrogen-bond donors (Lipinski definition) is 1. The lowest BCUT2D eigenvalue weighted by Gasteiger charge is -2.32. The fourth-order valence-electron chi connectivity index (χ4n) is 3.10. The molecule has 0 radical (unpaired) electrons. The number of imidazole rings is 1. The van der Waals surface area contributed by atoms with Crippen LogP contribution in [0.5, 0.6) is 0 Å². The van der Waals surface area contributed by atoms with E-state index in [1.807, 2.05) is 47.0 Å². The van der Waals surface area contributed by atoms with Gasteiger partial charge in [0.25, 0.3) is 5.91 Å². The molecule has 1 aromatic carbocycles. The Labute approximate surface area is 131 Å². The number of nitrogens with one attached hydrogen (secondary N) is 1. The highest BCUT2D eigenvalue weighted by atomic mass is 16.2. The molecule has 1 atom stereocenters. The fraction of sp³-hybridized carbons (Fsp3) is 0.412. The summed E-state index contributed by atoms with van der Waals surface area (Å²) in [5, 5.41) is 3.22. The van der Waals surface area contributed by atoms with Gasteiger partial charge in [-0.2, -0.15) is 0 Å². The van der Waals surface area contributed by atoms with Crippen LogP contribution in [0.1, 0.15) is 23.2 Å². The number of carbonyl (C=O) groups excluding carboxylic acids is 1. The van der Waals surface area contributed by atoms with Crippen molar-refractivity contribution in [3.05, 3.63) is 48.5 Å². The number of benzene rings is 1. The van der Waals surface area contributed by atoms with Crippen molar-refractivity contribution in [2.75, 3.05) is 26.7 Å². The molecule has 1 aliphatic heterocycles. The van der Waals surface area contributed by atoms with Crippen LogP contribution in [0.25, 0.3) is 5.69 Å². The molecule has 1 amide bonds. The first kappa shape index (κ1) is 14.8. The molecular formula is C17H22N4O. The molecule has 0 aliphatic carbocycles. The minimum atomic E-state index is 0.128. The highest BCUT2D eigenvalue weighted by Gasteiger charge is 2.24. The normalized spacial score (nSPS) is 18.4. The van der Waals surface area contributed by atoms with Gasteiger partial charge in [0.2, 0.25) is 0 Å². The van der Waals surface area contributed by atoms with Crippen LogP contribution in [0.3, 0.4) is 0 Å². The maximum Gasteiger partial charge on any atom is 0.253 e. The molecule has 1 N–H and O–H groups in total. The van der Waals surface area contributed by atoms with Gasteiger partial charge in [0.05, 0.1) is 6.33 Å². The zero-order chi connectivity index (χ0) is 15.4. The van der Waals surface area contributed by atoms with Gasteiger partial charge in [-0.3, -0.25) is 4.79 Å². The Morgan fingerprint density at radius 3 is 3.14 bits per heavy atom. The Kier molecular flexibility index (Phi) is 4.53. The molecule has 116 valence electrons. The Bertz CT molecular complexity index is 621. The van der Waals surface area contributed by atoms with E-state index in [4.69, 9.17) is 0 Å². The highest BCUT2D eigenvalue weighted by Crippen LogP contribution is 2.19. The van der Waals surface area contributed by atoms with Crippen molar-refractivity contribution >= 4 is 5.91 Å². The summed E-state index contributed by atoms with van der Waals surface area (Å²) >= 11 is 0. The standard InChI is InChI=1S/C17H22N4O/c1-18-11-14-4-3-8-20(12-14)17(22)15-5-2-6-16(10-15)21-9-7-19-13-21/h2,5-7,9-10,13-14,18H,3-4,8,11-12H2,1H3/t14-/m0/s1. The topological polar surface area (TPSA) is 50.2 Å². The summed E-state index contributed by atoms with van der Waals surface area (Å²) in [6, 6.07) is 7.74. The minimum absolute atomic E-state index is 0.128. The van der Waals surface area contributed by atoms with Crippen molar-refractivity contribution in [2.24, 2.45) is 5.92 Å². The number of piperidine rings is 1. The minimum Gasteiger partial charge on any atom is -0.338 e. The third kappa shape index (κ3) is 3.20. The number of likely N-dealkylation sites (tertiary alicyclic amines) is 1. The van der Waals surface area contributed by atoms with E-state index in [9.17, 15) is 4.79 Å². The van der Waals surface area contributed by atoms with Gasteiger partial charge in [0, 0.05) is 36.7 Å². The smallest absolute Gasteiger partial charge is 0.253 e. The lowest BCUT2D eigenvalue weighted by Crippen LogP contribution is -2.42. The predicted molar refractivity (Wildman–Crippen MR) is 86.1 cm³/mol. The maximum absolute atomic E-state index is 12.8. The van der Waals surface area contributed by atoms with Gasteiger partial charge in [0.15, 0.2) is 0 Å². The third-order valence-electron chi connectivity index (χ3n) is 4.19. The average Bonchev–Trinajstić information content (AvgIpc) is 3.09. The molecule has 0 bridgehead atoms. The van der Waals surface area contributed by atoms with Crippen LogP contribution in [-0.4, -0.2) is 47.0 Å². The van der Waals surface area contributed by atoms with E-state index in [2.05, 4.69) is 10.3 Å². The van der Waals surface area contributed by atoms with Gasteiger partial charge in [0.1, 0.15) is 0 Å². The molecule has 0 spiro atoms. The summed E-state index contributed by atoms with van der Waals surface area (Å²) in [7, 11) is 1.97. The van der Waals surface area contributed by atoms with Crippen LogP contribution in [0, 0.1) is 5.92 Å². The van der Waals surface area contributed by atoms with E-state index >= 15 is 0 Å². The summed E-state index contributed by atoms with van der Waals surface area (Å²) in [5.41, 5.74) is 1.71. The van der Waals surface area contributed by atoms with Gasteiger partial charge in [-0.15, -0.1) is 0 Å². The van der Waals surface area contributed by atoms with Gasteiger partial charge < -0.3 is 14.8 Å². The number of aromatic nitrogens is 2. The lowest BCUT2D eigenvalue weighted by molar-refractivity contribution is 0.0674. The van der Waals surface area contributed by atoms with E-state index in [0.29, 0.717) is 5.92 Å². The quantitative estimate of drug-likeness (QED) is 0.938. The number of nitrogens with zero attached hydrogens (tertiary/aromatic N) is 3. The summed E-state index contributed by atoms with van der Waals surface area (Å²) < 4.78 is 1.91. The third-order valence-corrected chi connectivity index (χ3v) is 4.19. The van der Waals surface area contributed by atoms with Crippen molar-refractivity contribution in [3.8, 4) is 5.69 Å². The molecule has 1 aliphatic rings. The van der Waals surface area contributed by atoms with Gasteiger partial charge in [-0.1, -0.05) is 6.07 Å². The molecule has 5 nitrogen and oxygen atoms in total. The second kappa shape index (κ2) is 6.75. The van der Waals surface area contributed by atoms with Crippen LogP contribution in [0.2, 0.25) is 0 Å². The van der Waals surface area contributed by atoms with E-state index in [1.54, 1.807) is 12.5 Å². The largest absolute Gasteiger partial charge is 0.338 e. The van der Waals surface area contributed by atoms with Crippen molar-refractivity contribution in [1.29, 1.82) is 0 Å². The molecule has 22 heavy (non-hydrogen) atoms. The van der Waals surface area contributed by atoms with E-state index in [0.717, 1.165) is 37.3 Å². The van der Waals surface area contributed by atoms with E-state index in [1.165, 1.54) is 6.42 Å². The number of carbonyl (C=O) groups is 1. The molecule has 0 saturated carbocycles. The molecule has 1 aromatic heterocycles. The second-order valence-corrected chi connectivity index (χ2v) is 5.84. The van der Waals surface area contributed by atoms with Crippen LogP contribution < -0.4 is 5.32 Å². The van der Waals surface area contributed by atoms with E-state index in [-0.39, 0.29) is 5.91 Å². The fourth-order valence-corrected chi connectivity index (χ4v) is 3.10. The predicted octanol–water partition coefficient (Wildman–Crippen LogP) is 1.94. The number of amides is 1. The first-order chi connectivity index (χ1) is 10.8. The molecule has 2 heterocycles. The van der Waals surface area contributed by atoms with Crippen LogP contribution in [0.15, 0.2) is 43.0 Å². The molecule has 1 saturated heterocycles. The molecule has 1 fully saturated rings. The Morgan fingerprint density at radius 1 is 1.45 bits per heavy atom. The summed E-state index contributed by atoms with van der Waals surface area (Å²) in [6.07, 6.45) is 7.64. The van der Waals surface area contributed by atoms with Crippen LogP contribution in [0.4, 0.5) is 0 Å². The molecule has 5 heteroatoms. The molecule has 0 unspecified atom stereocenters. The monoisotopic (exact) mass is 298 g/mol. The van der Waals surface area contributed by atoms with Crippen molar-refractivity contribution in [2.45, 2.75) is 12.8 Å². The lowest BCUT2D eigenvalue weighted by atomic mass is 9.97. The van der Waals surface area contributed by atoms with Gasteiger partial charge >= 0.3 is 0 Å². The molecule has 2 aromatic rings. The average molecular weight is 298 g/mol. The van der Waals surface area contributed by atoms with Gasteiger partial charge in [-0.05, 0) is 50.6 Å². The van der Waals surface area contributed by atoms with Crippen LogP contribution in [-0.2, 0) is 0 Å². The van der Waals surface area contributed by atoms with Crippen LogP contribution >= 0.6 is 0 Å². The SMILES string of the molecule is CNC[C@@H]1CCCN(C(=O)c2cccc(-n3ccnc3)c2)C1. The van der Waals surface area contributed by atoms with Gasteiger partial charge in [-0.25, -0.2) is 4.98 Å². The Morgan fingerprint density at radius 2 is 2.36 bits per heavy atom. The first-order valence-corrected chi connectivity index (χ1v) is 7.80. The Hall–Kier alpha value is -2.14. The summed E-state index contributed by atoms with van der Waals surface area (Å²) in [6.45, 7) is 2.67. The summed E-state index contributed by atoms with van der Waals surface area (Å²) in [5.74, 6) is 0.683. The molecule has 3 rings (SSSR count). The summed E-state index contributed by atoms with van der Waals surface area (Å²) in [4.78, 5) is 18.8. The van der Waals surface area contributed by atoms with Crippen molar-refractivity contribution in [3.63, 3.8) is 0 Å². The highest BCUT2D eigenvalue weighted by molar-refractivity contribution is 5.94. The molecular weight excluding hydrogens is 276 g/mol. The zero-order valence-electron chi connectivity index (χ0n) is 12.9. The zero-order valence-corrected chi connectivity index (χ0v) is 12.9. The first-order valence-electron chi connectivity index (χ1n) is 7.80. The van der Waals surface area contributed by atoms with E-state index < -0.39 is 0 Å². The number of hydrogen-bond acceptors (Lipinski definition) is 3. The maximum atomic E-state index is 12.8.